The molecule has 6 amide bonds. The minimum Gasteiger partial charge on any atom is -0.497 e. The molecule has 4 aliphatic heterocycles. The number of cyclic esters (lactones) is 2. The van der Waals surface area contributed by atoms with E-state index in [-0.39, 0.29) is 50.2 Å². The van der Waals surface area contributed by atoms with Crippen LogP contribution in [0.1, 0.15) is 126 Å². The molecule has 0 aliphatic carbocycles. The average Bonchev–Trinajstić information content (AvgIpc) is 4.09. The summed E-state index contributed by atoms with van der Waals surface area (Å²) in [6, 6.07) is -0.459. The van der Waals surface area contributed by atoms with Crippen molar-refractivity contribution in [2.75, 3.05) is 47.4 Å². The smallest absolute Gasteiger partial charge is 0.329 e. The maximum absolute atomic E-state index is 15.3. The van der Waals surface area contributed by atoms with Crippen LogP contribution in [-0.4, -0.2) is 202 Å². The summed E-state index contributed by atoms with van der Waals surface area (Å²) in [5.74, 6) is -8.49. The molecule has 0 saturated carbocycles. The summed E-state index contributed by atoms with van der Waals surface area (Å²) in [6.45, 7) is 17.8. The zero-order valence-corrected chi connectivity index (χ0v) is 48.3. The SMILES string of the molecule is CC[C@H](C)[C@@H]1NC(=O)[C@H](N2CC(C)C[C@H](N(C)CC3CCCN3C(=O)[C@@H](C)O)C2=O)[C@H](C)OC(=O)[C@@H](Cc2ccc(OC)cc2)N(C)C(=O)[C@@H]2CCCN2C(=O)[C@H](CC(C)C)NC(=O)[C@H](C)C(=O)[C@H](C(C)C)OC(=O)C[C@H]1O. The van der Waals surface area contributed by atoms with Crippen LogP contribution in [0, 0.1) is 29.6 Å². The Morgan fingerprint density at radius 3 is 2.12 bits per heavy atom. The average molecular weight is 1100 g/mol. The second-order valence-corrected chi connectivity index (χ2v) is 23.2. The Labute approximate surface area is 460 Å². The van der Waals surface area contributed by atoms with Crippen molar-refractivity contribution in [3.8, 4) is 5.75 Å². The van der Waals surface area contributed by atoms with Gasteiger partial charge in [-0.3, -0.25) is 43.3 Å². The van der Waals surface area contributed by atoms with Gasteiger partial charge in [-0.15, -0.1) is 0 Å². The lowest BCUT2D eigenvalue weighted by atomic mass is 9.90. The molecule has 0 aromatic heterocycles. The monoisotopic (exact) mass is 1100 g/mol. The summed E-state index contributed by atoms with van der Waals surface area (Å²) in [4.78, 5) is 138. The topological polar surface area (TPSA) is 262 Å². The maximum Gasteiger partial charge on any atom is 0.329 e. The number of piperidine rings is 1. The zero-order valence-electron chi connectivity index (χ0n) is 48.3. The Hall–Kier alpha value is -5.67. The van der Waals surface area contributed by atoms with Crippen molar-refractivity contribution in [2.24, 2.45) is 29.6 Å². The number of carbonyl (C=O) groups excluding carboxylic acids is 9. The number of hydrogen-bond acceptors (Lipinski definition) is 15. The van der Waals surface area contributed by atoms with Gasteiger partial charge in [-0.2, -0.15) is 0 Å². The van der Waals surface area contributed by atoms with Gasteiger partial charge in [-0.25, -0.2) is 4.79 Å². The first-order valence-electron chi connectivity index (χ1n) is 28.1. The first-order chi connectivity index (χ1) is 36.7. The van der Waals surface area contributed by atoms with E-state index in [0.29, 0.717) is 56.5 Å². The third-order valence-corrected chi connectivity index (χ3v) is 16.2. The van der Waals surface area contributed by atoms with Crippen LogP contribution in [0.25, 0.3) is 0 Å². The van der Waals surface area contributed by atoms with E-state index in [0.717, 1.165) is 0 Å². The molecule has 0 spiro atoms. The van der Waals surface area contributed by atoms with Crippen LogP contribution in [0.15, 0.2) is 24.3 Å². The molecule has 0 bridgehead atoms. The highest BCUT2D eigenvalue weighted by molar-refractivity contribution is 6.05. The molecule has 4 aliphatic rings. The molecule has 5 rings (SSSR count). The molecule has 4 heterocycles. The number of esters is 2. The van der Waals surface area contributed by atoms with E-state index in [1.54, 1.807) is 57.0 Å². The number of ether oxygens (including phenoxy) is 3. The van der Waals surface area contributed by atoms with Crippen LogP contribution < -0.4 is 15.4 Å². The number of benzene rings is 1. The van der Waals surface area contributed by atoms with Crippen molar-refractivity contribution in [3.05, 3.63) is 29.8 Å². The highest BCUT2D eigenvalue weighted by Gasteiger charge is 2.48. The van der Waals surface area contributed by atoms with E-state index in [1.165, 1.54) is 49.6 Å². The highest BCUT2D eigenvalue weighted by Crippen LogP contribution is 2.30. The van der Waals surface area contributed by atoms with Gasteiger partial charge < -0.3 is 54.7 Å². The molecule has 436 valence electrons. The number of carbonyl (C=O) groups is 9. The highest BCUT2D eigenvalue weighted by atomic mass is 16.6. The van der Waals surface area contributed by atoms with Crippen molar-refractivity contribution in [3.63, 3.8) is 0 Å². The van der Waals surface area contributed by atoms with Crippen LogP contribution in [-0.2, 0) is 59.0 Å². The number of rotatable bonds is 13. The van der Waals surface area contributed by atoms with Crippen molar-refractivity contribution >= 4 is 53.2 Å². The second-order valence-electron chi connectivity index (χ2n) is 23.2. The molecule has 21 nitrogen and oxygen atoms in total. The molecular weight excluding hydrogens is 1010 g/mol. The Balaban J connectivity index is 1.62. The molecule has 1 aromatic carbocycles. The molecule has 4 saturated heterocycles. The second kappa shape index (κ2) is 28.0. The zero-order chi connectivity index (χ0) is 58.0. The lowest BCUT2D eigenvalue weighted by Crippen LogP contribution is -2.65. The number of nitrogens with zero attached hydrogens (tertiary/aromatic N) is 5. The number of nitrogens with one attached hydrogen (secondary N) is 2. The van der Waals surface area contributed by atoms with Crippen LogP contribution in [0.3, 0.4) is 0 Å². The maximum atomic E-state index is 15.3. The largest absolute Gasteiger partial charge is 0.497 e. The van der Waals surface area contributed by atoms with Gasteiger partial charge in [-0.1, -0.05) is 67.0 Å². The van der Waals surface area contributed by atoms with Gasteiger partial charge >= 0.3 is 11.9 Å². The van der Waals surface area contributed by atoms with E-state index in [2.05, 4.69) is 10.6 Å². The standard InChI is InChI=1S/C57H89N7O14/c1-14-34(7)47-45(66)28-46(67)78-50(32(4)5)49(68)35(8)51(69)58-41(25-31(2)3)54(72)63-24-16-18-42(63)55(73)61(12)44(27-38-19-21-40(76-13)22-20-38)57(75)77-37(10)48(52(70)59-47)64-29-33(6)26-43(56(64)74)60(11)30-39-17-15-23-62(39)53(71)36(9)65/h19-22,31-37,39,41-45,47-48,50,65-66H,14-18,23-30H2,1-13H3,(H,58,69)(H,59,70)/t33?,34-,35+,36+,37-,39?,41-,42-,43-,44+,45+,47-,48+,50-/m0/s1. The van der Waals surface area contributed by atoms with Crippen molar-refractivity contribution < 1.29 is 67.6 Å². The molecule has 0 radical (unpaired) electrons. The molecule has 4 N–H and O–H groups in total. The summed E-state index contributed by atoms with van der Waals surface area (Å²) in [5, 5.41) is 27.8. The van der Waals surface area contributed by atoms with E-state index in [9.17, 15) is 39.0 Å². The number of aliphatic hydroxyl groups excluding tert-OH is 2. The van der Waals surface area contributed by atoms with Crippen molar-refractivity contribution in [1.82, 2.24) is 35.1 Å². The molecule has 78 heavy (non-hydrogen) atoms. The van der Waals surface area contributed by atoms with Crippen LogP contribution in [0.4, 0.5) is 0 Å². The summed E-state index contributed by atoms with van der Waals surface area (Å²) in [5.41, 5.74) is 0.616. The predicted molar refractivity (Wildman–Crippen MR) is 288 cm³/mol. The van der Waals surface area contributed by atoms with Crippen LogP contribution >= 0.6 is 0 Å². The number of aliphatic hydroxyl groups is 2. The van der Waals surface area contributed by atoms with Gasteiger partial charge in [-0.05, 0) is 108 Å². The molecular formula is C57H89N7O14. The summed E-state index contributed by atoms with van der Waals surface area (Å²) in [7, 11) is 4.73. The van der Waals surface area contributed by atoms with Crippen molar-refractivity contribution in [1.29, 1.82) is 0 Å². The fraction of sp³-hybridized carbons (Fsp3) is 0.737. The number of Topliss-reactive ketones (excluding diaryl/α,β-unsaturated/α-hetero) is 1. The van der Waals surface area contributed by atoms with Gasteiger partial charge in [0.25, 0.3) is 5.91 Å². The normalized spacial score (nSPS) is 30.8. The van der Waals surface area contributed by atoms with E-state index in [4.69, 9.17) is 14.2 Å². The number of methoxy groups -OCH3 is 1. The van der Waals surface area contributed by atoms with Gasteiger partial charge in [0.15, 0.2) is 11.9 Å². The quantitative estimate of drug-likeness (QED) is 0.163. The van der Waals surface area contributed by atoms with Crippen LogP contribution in [0.2, 0.25) is 0 Å². The number of fused-ring (bicyclic) bond motifs is 1. The Kier molecular flexibility index (Phi) is 22.6. The molecule has 2 unspecified atom stereocenters. The number of likely N-dealkylation sites (tertiary alicyclic amines) is 2. The third kappa shape index (κ3) is 15.4. The minimum absolute atomic E-state index is 0.0551. The Bertz CT molecular complexity index is 2300. The van der Waals surface area contributed by atoms with Gasteiger partial charge in [0.2, 0.25) is 29.5 Å². The van der Waals surface area contributed by atoms with E-state index < -0.39 is 138 Å². The molecule has 21 heteroatoms. The lowest BCUT2D eigenvalue weighted by Gasteiger charge is -2.45. The summed E-state index contributed by atoms with van der Waals surface area (Å²) < 4.78 is 17.5. The third-order valence-electron chi connectivity index (χ3n) is 16.2. The van der Waals surface area contributed by atoms with Crippen molar-refractivity contribution in [2.45, 2.75) is 194 Å². The van der Waals surface area contributed by atoms with Gasteiger partial charge in [0.05, 0.1) is 37.6 Å². The first-order valence-corrected chi connectivity index (χ1v) is 28.1. The molecule has 1 aromatic rings. The van der Waals surface area contributed by atoms with Crippen LogP contribution in [0.5, 0.6) is 5.75 Å². The number of likely N-dealkylation sites (N-methyl/N-ethyl adjacent to an activating group) is 2. The summed E-state index contributed by atoms with van der Waals surface area (Å²) >= 11 is 0. The van der Waals surface area contributed by atoms with Gasteiger partial charge in [0, 0.05) is 45.7 Å². The van der Waals surface area contributed by atoms with E-state index >= 15 is 14.4 Å². The molecule has 14 atom stereocenters. The summed E-state index contributed by atoms with van der Waals surface area (Å²) in [6.07, 6.45) is -3.40. The molecule has 4 fully saturated rings. The fourth-order valence-electron chi connectivity index (χ4n) is 11.5. The van der Waals surface area contributed by atoms with Gasteiger partial charge in [0.1, 0.15) is 42.1 Å². The first kappa shape index (κ1) is 63.2. The Morgan fingerprint density at radius 2 is 1.51 bits per heavy atom. The van der Waals surface area contributed by atoms with E-state index in [1.807, 2.05) is 32.6 Å². The minimum atomic E-state index is -1.60. The number of hydrogen-bond donors (Lipinski definition) is 4. The Morgan fingerprint density at radius 1 is 0.859 bits per heavy atom. The number of ketones is 1. The lowest BCUT2D eigenvalue weighted by molar-refractivity contribution is -0.168. The number of amides is 6. The fourth-order valence-corrected chi connectivity index (χ4v) is 11.5. The predicted octanol–water partition coefficient (Wildman–Crippen LogP) is 2.50.